The molecule has 2 aromatic rings. The number of anilines is 1. The molecule has 0 aromatic heterocycles. The summed E-state index contributed by atoms with van der Waals surface area (Å²) in [4.78, 5) is 15.7. The fourth-order valence-electron chi connectivity index (χ4n) is 7.48. The van der Waals surface area contributed by atoms with Crippen molar-refractivity contribution >= 4 is 33.4 Å². The van der Waals surface area contributed by atoms with Crippen molar-refractivity contribution < 1.29 is 27.4 Å². The van der Waals surface area contributed by atoms with Crippen LogP contribution in [0.15, 0.2) is 48.6 Å². The van der Waals surface area contributed by atoms with E-state index in [1.165, 1.54) is 11.1 Å². The molecule has 1 spiro atoms. The van der Waals surface area contributed by atoms with Crippen LogP contribution in [0.3, 0.4) is 0 Å². The molecule has 4 aliphatic rings. The number of hydrogen-bond donors (Lipinski definition) is 2. The number of amides is 1. The van der Waals surface area contributed by atoms with Crippen LogP contribution in [0, 0.1) is 11.8 Å². The monoisotopic (exact) mass is 657 g/mol. The van der Waals surface area contributed by atoms with Gasteiger partial charge >= 0.3 is 10.2 Å². The molecule has 2 aliphatic heterocycles. The number of carbonyl (C=O) groups is 1. The van der Waals surface area contributed by atoms with E-state index in [0.717, 1.165) is 62.3 Å². The highest BCUT2D eigenvalue weighted by Gasteiger charge is 2.44. The molecule has 9 nitrogen and oxygen atoms in total. The summed E-state index contributed by atoms with van der Waals surface area (Å²) in [5.41, 5.74) is 3.36. The van der Waals surface area contributed by atoms with Crippen molar-refractivity contribution in [3.8, 4) is 5.75 Å². The van der Waals surface area contributed by atoms with E-state index >= 15 is 0 Å². The second-order valence-electron chi connectivity index (χ2n) is 13.1. The van der Waals surface area contributed by atoms with E-state index in [0.29, 0.717) is 43.8 Å². The second-order valence-corrected chi connectivity index (χ2v) is 15.0. The van der Waals surface area contributed by atoms with Crippen molar-refractivity contribution in [2.75, 3.05) is 44.9 Å². The summed E-state index contributed by atoms with van der Waals surface area (Å²) >= 11 is 6.42. The predicted molar refractivity (Wildman–Crippen MR) is 175 cm³/mol. The lowest BCUT2D eigenvalue weighted by molar-refractivity contribution is -0.0195. The van der Waals surface area contributed by atoms with Crippen molar-refractivity contribution in [1.82, 2.24) is 9.44 Å². The van der Waals surface area contributed by atoms with Gasteiger partial charge in [0.1, 0.15) is 5.75 Å². The summed E-state index contributed by atoms with van der Waals surface area (Å²) in [5.74, 6) is 0.710. The Morgan fingerprint density at radius 1 is 1.16 bits per heavy atom. The van der Waals surface area contributed by atoms with E-state index in [2.05, 4.69) is 32.6 Å². The zero-order valence-electron chi connectivity index (χ0n) is 26.1. The number of ether oxygens (including phenoxy) is 3. The van der Waals surface area contributed by atoms with Gasteiger partial charge in [-0.2, -0.15) is 13.1 Å². The molecule has 1 fully saturated rings. The summed E-state index contributed by atoms with van der Waals surface area (Å²) in [6.45, 7) is 5.01. The molecule has 2 bridgehead atoms. The van der Waals surface area contributed by atoms with Gasteiger partial charge in [0.25, 0.3) is 5.91 Å². The van der Waals surface area contributed by atoms with E-state index < -0.39 is 22.2 Å². The molecule has 0 saturated heterocycles. The molecular weight excluding hydrogens is 614 g/mol. The van der Waals surface area contributed by atoms with Crippen molar-refractivity contribution in [1.29, 1.82) is 0 Å². The standard InChI is InChI=1S/C34H44ClN3O6S/c1-23-6-3-8-31(43-17-5-16-42-2)28-12-9-26(28)20-38-21-34(15-4-7-24-18-27(35)11-13-29(24)34)22-44-32-14-10-25(19-30(32)38)33(39)37-45(40,41)36-23/h3,8,10-11,13-14,18-19,23,26,28,31,36H,4-7,9,12,15-17,20-22H2,1-2H3,(H,37,39)/b8-3-/t23-,26-,28+,31-,34-/m0/s1. The lowest BCUT2D eigenvalue weighted by Crippen LogP contribution is -2.49. The molecule has 45 heavy (non-hydrogen) atoms. The van der Waals surface area contributed by atoms with Crippen LogP contribution in [0.4, 0.5) is 5.69 Å². The van der Waals surface area contributed by atoms with Crippen LogP contribution >= 0.6 is 11.6 Å². The molecule has 244 valence electrons. The van der Waals surface area contributed by atoms with Crippen molar-refractivity contribution in [2.45, 2.75) is 69.4 Å². The number of benzene rings is 2. The van der Waals surface area contributed by atoms with Crippen LogP contribution in [0.1, 0.15) is 66.9 Å². The molecule has 0 unspecified atom stereocenters. The average molecular weight is 658 g/mol. The van der Waals surface area contributed by atoms with Crippen LogP contribution in [0.2, 0.25) is 5.02 Å². The first-order valence-electron chi connectivity index (χ1n) is 16.1. The fraction of sp³-hybridized carbons (Fsp3) is 0.559. The SMILES string of the molecule is COCCCO[C@H]1/C=C\C[C@H](C)NS(=O)(=O)NC(=O)c2ccc3c(c2)N(C[C@@H]2CC[C@H]21)C[C@@]1(CCCc2cc(Cl)ccc21)CO3. The van der Waals surface area contributed by atoms with E-state index in [1.807, 2.05) is 12.1 Å². The number of halogens is 1. The van der Waals surface area contributed by atoms with Crippen LogP contribution in [-0.4, -0.2) is 66.5 Å². The maximum Gasteiger partial charge on any atom is 0.301 e. The first-order chi connectivity index (χ1) is 21.7. The Bertz CT molecular complexity index is 1530. The molecule has 0 radical (unpaired) electrons. The third-order valence-corrected chi connectivity index (χ3v) is 11.3. The van der Waals surface area contributed by atoms with Gasteiger partial charge in [-0.1, -0.05) is 29.8 Å². The van der Waals surface area contributed by atoms with Gasteiger partial charge in [-0.25, -0.2) is 4.72 Å². The number of nitrogens with one attached hydrogen (secondary N) is 2. The van der Waals surface area contributed by atoms with E-state index in [9.17, 15) is 13.2 Å². The highest BCUT2D eigenvalue weighted by molar-refractivity contribution is 7.88. The number of nitrogens with zero attached hydrogens (tertiary/aromatic N) is 1. The van der Waals surface area contributed by atoms with E-state index in [4.69, 9.17) is 25.8 Å². The van der Waals surface area contributed by atoms with Gasteiger partial charge in [0.2, 0.25) is 0 Å². The number of methoxy groups -OCH3 is 1. The molecule has 6 rings (SSSR count). The minimum atomic E-state index is -4.08. The first-order valence-corrected chi connectivity index (χ1v) is 17.9. The molecule has 2 aromatic carbocycles. The van der Waals surface area contributed by atoms with Crippen molar-refractivity contribution in [3.05, 3.63) is 70.3 Å². The van der Waals surface area contributed by atoms with Crippen LogP contribution in [0.25, 0.3) is 0 Å². The van der Waals surface area contributed by atoms with Gasteiger partial charge in [-0.05, 0) is 105 Å². The van der Waals surface area contributed by atoms with Gasteiger partial charge in [0, 0.05) is 55.5 Å². The number of rotatable bonds is 5. The summed E-state index contributed by atoms with van der Waals surface area (Å²) in [6, 6.07) is 11.0. The molecule has 1 saturated carbocycles. The lowest BCUT2D eigenvalue weighted by atomic mass is 9.68. The second kappa shape index (κ2) is 13.6. The number of carbonyl (C=O) groups excluding carboxylic acids is 1. The molecular formula is C34H44ClN3O6S. The van der Waals surface area contributed by atoms with Gasteiger partial charge in [0.15, 0.2) is 0 Å². The summed E-state index contributed by atoms with van der Waals surface area (Å²) < 4.78 is 48.8. The maximum absolute atomic E-state index is 13.3. The Hall–Kier alpha value is -2.63. The molecule has 2 heterocycles. The third-order valence-electron chi connectivity index (χ3n) is 9.85. The van der Waals surface area contributed by atoms with E-state index in [1.54, 1.807) is 32.2 Å². The Morgan fingerprint density at radius 3 is 2.82 bits per heavy atom. The Kier molecular flexibility index (Phi) is 9.78. The van der Waals surface area contributed by atoms with Crippen molar-refractivity contribution in [3.63, 3.8) is 0 Å². The summed E-state index contributed by atoms with van der Waals surface area (Å²) in [5, 5.41) is 0.741. The maximum atomic E-state index is 13.3. The molecule has 2 aliphatic carbocycles. The average Bonchev–Trinajstić information content (AvgIpc) is 3.13. The minimum Gasteiger partial charge on any atom is -0.490 e. The minimum absolute atomic E-state index is 0.0856. The smallest absolute Gasteiger partial charge is 0.301 e. The molecule has 5 atom stereocenters. The summed E-state index contributed by atoms with van der Waals surface area (Å²) in [7, 11) is -2.39. The Balaban J connectivity index is 1.38. The van der Waals surface area contributed by atoms with E-state index in [-0.39, 0.29) is 17.1 Å². The quantitative estimate of drug-likeness (QED) is 0.338. The third kappa shape index (κ3) is 7.20. The Morgan fingerprint density at radius 2 is 2.02 bits per heavy atom. The van der Waals surface area contributed by atoms with Crippen LogP contribution < -0.4 is 19.1 Å². The number of aryl methyl sites for hydroxylation is 1. The largest absolute Gasteiger partial charge is 0.490 e. The molecule has 1 amide bonds. The topological polar surface area (TPSA) is 106 Å². The molecule has 2 N–H and O–H groups in total. The van der Waals surface area contributed by atoms with Gasteiger partial charge in [0.05, 0.1) is 18.4 Å². The number of hydrogen-bond acceptors (Lipinski definition) is 7. The normalized spacial score (nSPS) is 30.2. The highest BCUT2D eigenvalue weighted by atomic mass is 35.5. The first kappa shape index (κ1) is 32.3. The fourth-order valence-corrected chi connectivity index (χ4v) is 8.72. The number of fused-ring (bicyclic) bond motifs is 4. The zero-order chi connectivity index (χ0) is 31.6. The van der Waals surface area contributed by atoms with Crippen LogP contribution in [0.5, 0.6) is 5.75 Å². The predicted octanol–water partition coefficient (Wildman–Crippen LogP) is 5.17. The Labute approximate surface area is 271 Å². The zero-order valence-corrected chi connectivity index (χ0v) is 27.7. The van der Waals surface area contributed by atoms with Crippen molar-refractivity contribution in [2.24, 2.45) is 11.8 Å². The van der Waals surface area contributed by atoms with Gasteiger partial charge in [-0.15, -0.1) is 0 Å². The highest BCUT2D eigenvalue weighted by Crippen LogP contribution is 2.47. The molecule has 11 heteroatoms. The summed E-state index contributed by atoms with van der Waals surface area (Å²) in [6.07, 6.45) is 10.4. The lowest BCUT2D eigenvalue weighted by Gasteiger charge is -2.46. The van der Waals surface area contributed by atoms with Crippen LogP contribution in [-0.2, 0) is 31.5 Å². The van der Waals surface area contributed by atoms with Gasteiger partial charge < -0.3 is 19.1 Å². The van der Waals surface area contributed by atoms with Gasteiger partial charge in [-0.3, -0.25) is 4.79 Å².